The van der Waals surface area contributed by atoms with Gasteiger partial charge in [0.1, 0.15) is 4.90 Å². The molecule has 17 heavy (non-hydrogen) atoms. The van der Waals surface area contributed by atoms with Gasteiger partial charge in [0.25, 0.3) is 0 Å². The van der Waals surface area contributed by atoms with Crippen molar-refractivity contribution < 1.29 is 8.42 Å². The molecule has 0 spiro atoms. The summed E-state index contributed by atoms with van der Waals surface area (Å²) in [5, 5.41) is 9.63. The molecule has 0 bridgehead atoms. The van der Waals surface area contributed by atoms with E-state index in [-0.39, 0.29) is 4.90 Å². The van der Waals surface area contributed by atoms with E-state index in [0.717, 1.165) is 25.1 Å². The van der Waals surface area contributed by atoms with E-state index in [4.69, 9.17) is 5.14 Å². The minimum absolute atomic E-state index is 0.235. The van der Waals surface area contributed by atoms with Gasteiger partial charge in [-0.1, -0.05) is 27.2 Å². The Morgan fingerprint density at radius 1 is 1.24 bits per heavy atom. The first-order chi connectivity index (χ1) is 7.95. The molecule has 1 heterocycles. The Balaban J connectivity index is 3.31. The van der Waals surface area contributed by atoms with E-state index in [1.165, 1.54) is 0 Å². The average Bonchev–Trinajstić information content (AvgIpc) is 2.63. The van der Waals surface area contributed by atoms with Gasteiger partial charge in [-0.3, -0.25) is 4.68 Å². The molecule has 0 saturated carbocycles. The lowest BCUT2D eigenvalue weighted by Gasteiger charge is -2.05. The summed E-state index contributed by atoms with van der Waals surface area (Å²) in [5.41, 5.74) is 1.32. The van der Waals surface area contributed by atoms with Crippen LogP contribution in [0.15, 0.2) is 4.90 Å². The highest BCUT2D eigenvalue weighted by molar-refractivity contribution is 7.89. The molecule has 1 aromatic rings. The molecule has 6 heteroatoms. The van der Waals surface area contributed by atoms with Crippen LogP contribution in [0, 0.1) is 0 Å². The molecule has 2 N–H and O–H groups in total. The van der Waals surface area contributed by atoms with Crippen LogP contribution in [0.1, 0.15) is 45.0 Å². The van der Waals surface area contributed by atoms with Crippen molar-refractivity contribution in [1.82, 2.24) is 9.78 Å². The number of aryl methyl sites for hydroxylation is 2. The lowest BCUT2D eigenvalue weighted by molar-refractivity contribution is 0.544. The average molecular weight is 259 g/mol. The summed E-state index contributed by atoms with van der Waals surface area (Å²) in [6.45, 7) is 6.66. The van der Waals surface area contributed by atoms with Crippen LogP contribution in [-0.4, -0.2) is 18.2 Å². The van der Waals surface area contributed by atoms with Gasteiger partial charge in [-0.2, -0.15) is 5.10 Å². The maximum Gasteiger partial charge on any atom is 0.241 e. The fourth-order valence-electron chi connectivity index (χ4n) is 1.93. The van der Waals surface area contributed by atoms with Crippen LogP contribution in [0.5, 0.6) is 0 Å². The van der Waals surface area contributed by atoms with E-state index >= 15 is 0 Å². The van der Waals surface area contributed by atoms with Gasteiger partial charge in [0, 0.05) is 6.54 Å². The molecule has 0 radical (unpaired) electrons. The number of primary sulfonamides is 1. The smallest absolute Gasteiger partial charge is 0.241 e. The van der Waals surface area contributed by atoms with Crippen molar-refractivity contribution in [1.29, 1.82) is 0 Å². The Hall–Kier alpha value is -0.880. The molecule has 1 aromatic heterocycles. The normalized spacial score (nSPS) is 12.0. The largest absolute Gasteiger partial charge is 0.268 e. The van der Waals surface area contributed by atoms with E-state index in [1.54, 1.807) is 4.68 Å². The van der Waals surface area contributed by atoms with Crippen LogP contribution in [0.25, 0.3) is 0 Å². The molecule has 0 atom stereocenters. The zero-order valence-electron chi connectivity index (χ0n) is 10.7. The van der Waals surface area contributed by atoms with Gasteiger partial charge < -0.3 is 0 Å². The number of rotatable bonds is 6. The number of hydrogen-bond donors (Lipinski definition) is 1. The first-order valence-electron chi connectivity index (χ1n) is 6.07. The van der Waals surface area contributed by atoms with Crippen molar-refractivity contribution in [2.75, 3.05) is 0 Å². The Kier molecular flexibility index (Phi) is 4.70. The van der Waals surface area contributed by atoms with E-state index in [2.05, 4.69) is 12.0 Å². The fourth-order valence-corrected chi connectivity index (χ4v) is 3.02. The van der Waals surface area contributed by atoms with Gasteiger partial charge in [-0.05, 0) is 19.3 Å². The second kappa shape index (κ2) is 5.64. The monoisotopic (exact) mass is 259 g/mol. The first kappa shape index (κ1) is 14.2. The van der Waals surface area contributed by atoms with Gasteiger partial charge in [-0.15, -0.1) is 0 Å². The number of unbranched alkanes of at least 4 members (excludes halogenated alkanes) is 1. The maximum absolute atomic E-state index is 11.6. The topological polar surface area (TPSA) is 78.0 Å². The molecule has 0 aliphatic heterocycles. The number of sulfonamides is 1. The molecule has 98 valence electrons. The van der Waals surface area contributed by atoms with Crippen molar-refractivity contribution in [2.45, 2.75) is 57.9 Å². The highest BCUT2D eigenvalue weighted by atomic mass is 32.2. The second-order valence-corrected chi connectivity index (χ2v) is 5.55. The number of aromatic nitrogens is 2. The summed E-state index contributed by atoms with van der Waals surface area (Å²) in [7, 11) is -3.68. The minimum Gasteiger partial charge on any atom is -0.268 e. The lowest BCUT2D eigenvalue weighted by atomic mass is 10.2. The second-order valence-electron chi connectivity index (χ2n) is 4.05. The molecule has 0 aliphatic rings. The molecule has 0 fully saturated rings. The van der Waals surface area contributed by atoms with Crippen molar-refractivity contribution in [2.24, 2.45) is 5.14 Å². The van der Waals surface area contributed by atoms with Gasteiger partial charge >= 0.3 is 0 Å². The fraction of sp³-hybridized carbons (Fsp3) is 0.727. The molecular weight excluding hydrogens is 238 g/mol. The Morgan fingerprint density at radius 2 is 1.88 bits per heavy atom. The summed E-state index contributed by atoms with van der Waals surface area (Å²) in [6.07, 6.45) is 3.25. The highest BCUT2D eigenvalue weighted by Gasteiger charge is 2.23. The maximum atomic E-state index is 11.6. The van der Waals surface area contributed by atoms with Crippen LogP contribution in [0.3, 0.4) is 0 Å². The van der Waals surface area contributed by atoms with E-state index in [1.807, 2.05) is 13.8 Å². The molecule has 0 amide bonds. The third-order valence-corrected chi connectivity index (χ3v) is 3.80. The van der Waals surface area contributed by atoms with Gasteiger partial charge in [-0.25, -0.2) is 13.6 Å². The molecule has 0 aliphatic carbocycles. The third kappa shape index (κ3) is 3.07. The molecule has 0 unspecified atom stereocenters. The van der Waals surface area contributed by atoms with Crippen LogP contribution in [-0.2, 0) is 29.4 Å². The molecular formula is C11H21N3O2S. The summed E-state index contributed by atoms with van der Waals surface area (Å²) >= 11 is 0. The predicted octanol–water partition coefficient (Wildman–Crippen LogP) is 1.46. The zero-order valence-corrected chi connectivity index (χ0v) is 11.5. The van der Waals surface area contributed by atoms with E-state index in [0.29, 0.717) is 18.5 Å². The van der Waals surface area contributed by atoms with Crippen LogP contribution in [0.2, 0.25) is 0 Å². The van der Waals surface area contributed by atoms with Crippen molar-refractivity contribution in [3.05, 3.63) is 11.4 Å². The molecule has 1 rings (SSSR count). The quantitative estimate of drug-likeness (QED) is 0.840. The number of nitrogens with two attached hydrogens (primary N) is 1. The SMILES string of the molecule is CCCCn1nc(CC)c(S(N)(=O)=O)c1CC. The molecule has 5 nitrogen and oxygen atoms in total. The summed E-state index contributed by atoms with van der Waals surface area (Å²) in [6, 6.07) is 0. The predicted molar refractivity (Wildman–Crippen MR) is 67.3 cm³/mol. The Bertz CT molecular complexity index is 477. The Labute approximate surface area is 103 Å². The van der Waals surface area contributed by atoms with Crippen molar-refractivity contribution in [3.8, 4) is 0 Å². The summed E-state index contributed by atoms with van der Waals surface area (Å²) < 4.78 is 25.0. The molecule has 0 aromatic carbocycles. The van der Waals surface area contributed by atoms with Gasteiger partial charge in [0.2, 0.25) is 10.0 Å². The molecule has 0 saturated heterocycles. The van der Waals surface area contributed by atoms with Crippen molar-refractivity contribution in [3.63, 3.8) is 0 Å². The van der Waals surface area contributed by atoms with Crippen LogP contribution < -0.4 is 5.14 Å². The van der Waals surface area contributed by atoms with Crippen LogP contribution >= 0.6 is 0 Å². The van der Waals surface area contributed by atoms with E-state index in [9.17, 15) is 8.42 Å². The Morgan fingerprint density at radius 3 is 2.29 bits per heavy atom. The van der Waals surface area contributed by atoms with E-state index < -0.39 is 10.0 Å². The number of hydrogen-bond acceptors (Lipinski definition) is 3. The van der Waals surface area contributed by atoms with Gasteiger partial charge in [0.15, 0.2) is 0 Å². The minimum atomic E-state index is -3.68. The highest BCUT2D eigenvalue weighted by Crippen LogP contribution is 2.21. The van der Waals surface area contributed by atoms with Crippen LogP contribution in [0.4, 0.5) is 0 Å². The first-order valence-corrected chi connectivity index (χ1v) is 7.61. The number of nitrogens with zero attached hydrogens (tertiary/aromatic N) is 2. The van der Waals surface area contributed by atoms with Crippen molar-refractivity contribution >= 4 is 10.0 Å². The standard InChI is InChI=1S/C11H21N3O2S/c1-4-7-8-14-10(6-3)11(17(12,15)16)9(5-2)13-14/h4-8H2,1-3H3,(H2,12,15,16). The lowest BCUT2D eigenvalue weighted by Crippen LogP contribution is -2.16. The summed E-state index contributed by atoms with van der Waals surface area (Å²) in [5.74, 6) is 0. The zero-order chi connectivity index (χ0) is 13.1. The van der Waals surface area contributed by atoms with Gasteiger partial charge in [0.05, 0.1) is 11.4 Å². The summed E-state index contributed by atoms with van der Waals surface area (Å²) in [4.78, 5) is 0.235. The third-order valence-electron chi connectivity index (χ3n) is 2.75.